The summed E-state index contributed by atoms with van der Waals surface area (Å²) >= 11 is 0. The highest BCUT2D eigenvalue weighted by molar-refractivity contribution is 6.12. The molecular weight excluding hydrogens is 341 g/mol. The number of ether oxygens (including phenoxy) is 1. The van der Waals surface area contributed by atoms with E-state index in [1.807, 2.05) is 0 Å². The monoisotopic (exact) mass is 360 g/mol. The van der Waals surface area contributed by atoms with E-state index in [-0.39, 0.29) is 12.6 Å². The molecule has 138 valence electrons. The maximum absolute atomic E-state index is 12.9. The van der Waals surface area contributed by atoms with E-state index < -0.39 is 41.0 Å². The molecule has 0 aliphatic heterocycles. The Kier molecular flexibility index (Phi) is 5.99. The summed E-state index contributed by atoms with van der Waals surface area (Å²) in [6.07, 6.45) is -1.02. The third kappa shape index (κ3) is 4.68. The van der Waals surface area contributed by atoms with Gasteiger partial charge in [-0.1, -0.05) is 13.3 Å². The minimum atomic E-state index is -4.87. The molecule has 9 heteroatoms. The van der Waals surface area contributed by atoms with Crippen molar-refractivity contribution in [2.24, 2.45) is 0 Å². The summed E-state index contributed by atoms with van der Waals surface area (Å²) in [4.78, 5) is 27.9. The van der Waals surface area contributed by atoms with Crippen molar-refractivity contribution in [1.29, 1.82) is 0 Å². The summed E-state index contributed by atoms with van der Waals surface area (Å²) < 4.78 is 43.6. The number of hydrogen-bond donors (Lipinski definition) is 2. The Hall–Kier alpha value is -2.16. The van der Waals surface area contributed by atoms with E-state index in [0.717, 1.165) is 25.5 Å². The van der Waals surface area contributed by atoms with Crippen LogP contribution in [0.2, 0.25) is 0 Å². The summed E-state index contributed by atoms with van der Waals surface area (Å²) in [6, 6.07) is -0.965. The third-order valence-electron chi connectivity index (χ3n) is 3.91. The second-order valence-corrected chi connectivity index (χ2v) is 5.85. The Morgan fingerprint density at radius 2 is 2.12 bits per heavy atom. The zero-order valence-corrected chi connectivity index (χ0v) is 13.6. The number of aromatic nitrogens is 1. The van der Waals surface area contributed by atoms with E-state index in [1.165, 1.54) is 0 Å². The van der Waals surface area contributed by atoms with Crippen molar-refractivity contribution in [3.05, 3.63) is 23.4 Å². The number of nitrogens with zero attached hydrogens (tertiary/aromatic N) is 1. The summed E-state index contributed by atoms with van der Waals surface area (Å²) in [7, 11) is 0. The lowest BCUT2D eigenvalue weighted by molar-refractivity contribution is -0.145. The lowest BCUT2D eigenvalue weighted by atomic mass is 9.91. The highest BCUT2D eigenvalue weighted by atomic mass is 19.4. The summed E-state index contributed by atoms with van der Waals surface area (Å²) in [5.74, 6) is -2.92. The zero-order valence-electron chi connectivity index (χ0n) is 13.6. The Morgan fingerprint density at radius 1 is 1.44 bits per heavy atom. The van der Waals surface area contributed by atoms with Gasteiger partial charge >= 0.3 is 12.1 Å². The smallest absolute Gasteiger partial charge is 0.421 e. The van der Waals surface area contributed by atoms with E-state index in [2.05, 4.69) is 10.3 Å². The van der Waals surface area contributed by atoms with Crippen LogP contribution < -0.4 is 5.32 Å². The lowest BCUT2D eigenvalue weighted by Gasteiger charge is -2.30. The number of ketones is 1. The van der Waals surface area contributed by atoms with Gasteiger partial charge in [0.15, 0.2) is 11.8 Å². The molecule has 0 aromatic carbocycles. The Balaban J connectivity index is 2.26. The molecule has 0 radical (unpaired) electrons. The number of nitrogens with one attached hydrogen (secondary N) is 1. The minimum Gasteiger partial charge on any atom is -0.493 e. The van der Waals surface area contributed by atoms with Crippen LogP contribution in [0.3, 0.4) is 0 Å². The SMILES string of the molecule is CCCOC(=O)C(NC1CCC1)C(=O)c1cnc(O)c(C(F)(F)F)c1. The van der Waals surface area contributed by atoms with Gasteiger partial charge in [0, 0.05) is 17.8 Å². The van der Waals surface area contributed by atoms with Gasteiger partial charge in [0.2, 0.25) is 5.88 Å². The Bertz CT molecular complexity index is 645. The van der Waals surface area contributed by atoms with Crippen molar-refractivity contribution in [3.63, 3.8) is 0 Å². The fourth-order valence-corrected chi connectivity index (χ4v) is 2.31. The van der Waals surface area contributed by atoms with Crippen LogP contribution in [0.15, 0.2) is 12.3 Å². The molecule has 1 aromatic heterocycles. The van der Waals surface area contributed by atoms with Crippen LogP contribution in [0.1, 0.15) is 48.5 Å². The predicted octanol–water partition coefficient (Wildman–Crippen LogP) is 2.45. The first-order chi connectivity index (χ1) is 11.7. The molecular formula is C16H19F3N2O4. The number of alkyl halides is 3. The normalized spacial score (nSPS) is 16.2. The lowest BCUT2D eigenvalue weighted by Crippen LogP contribution is -2.51. The molecule has 1 unspecified atom stereocenters. The van der Waals surface area contributed by atoms with Gasteiger partial charge in [-0.3, -0.25) is 10.1 Å². The Labute approximate surface area is 142 Å². The first kappa shape index (κ1) is 19.2. The number of carbonyl (C=O) groups excluding carboxylic acids is 2. The molecule has 1 fully saturated rings. The Morgan fingerprint density at radius 3 is 2.64 bits per heavy atom. The van der Waals surface area contributed by atoms with Crippen LogP contribution in [-0.2, 0) is 15.7 Å². The van der Waals surface area contributed by atoms with Crippen LogP contribution in [0.5, 0.6) is 5.88 Å². The van der Waals surface area contributed by atoms with Crippen LogP contribution >= 0.6 is 0 Å². The van der Waals surface area contributed by atoms with Gasteiger partial charge < -0.3 is 9.84 Å². The first-order valence-electron chi connectivity index (χ1n) is 7.97. The molecule has 2 N–H and O–H groups in total. The summed E-state index contributed by atoms with van der Waals surface area (Å²) in [5, 5.41) is 12.1. The van der Waals surface area contributed by atoms with Crippen molar-refractivity contribution in [2.75, 3.05) is 6.61 Å². The van der Waals surface area contributed by atoms with Gasteiger partial charge in [-0.05, 0) is 25.3 Å². The van der Waals surface area contributed by atoms with Gasteiger partial charge in [-0.25, -0.2) is 9.78 Å². The van der Waals surface area contributed by atoms with Gasteiger partial charge in [-0.15, -0.1) is 0 Å². The molecule has 1 saturated carbocycles. The van der Waals surface area contributed by atoms with Crippen molar-refractivity contribution >= 4 is 11.8 Å². The largest absolute Gasteiger partial charge is 0.493 e. The molecule has 1 atom stereocenters. The van der Waals surface area contributed by atoms with E-state index in [9.17, 15) is 27.9 Å². The molecule has 1 heterocycles. The van der Waals surface area contributed by atoms with Gasteiger partial charge in [0.05, 0.1) is 6.61 Å². The van der Waals surface area contributed by atoms with Crippen molar-refractivity contribution in [3.8, 4) is 5.88 Å². The van der Waals surface area contributed by atoms with Crippen LogP contribution in [0.4, 0.5) is 13.2 Å². The van der Waals surface area contributed by atoms with Crippen molar-refractivity contribution in [1.82, 2.24) is 10.3 Å². The number of hydrogen-bond acceptors (Lipinski definition) is 6. The molecule has 1 aliphatic rings. The maximum Gasteiger partial charge on any atom is 0.421 e. The van der Waals surface area contributed by atoms with Gasteiger partial charge in [0.25, 0.3) is 0 Å². The topological polar surface area (TPSA) is 88.5 Å². The van der Waals surface area contributed by atoms with Gasteiger partial charge in [-0.2, -0.15) is 13.2 Å². The zero-order chi connectivity index (χ0) is 18.6. The fourth-order valence-electron chi connectivity index (χ4n) is 2.31. The van der Waals surface area contributed by atoms with E-state index in [1.54, 1.807) is 6.92 Å². The molecule has 0 amide bonds. The molecule has 25 heavy (non-hydrogen) atoms. The molecule has 0 bridgehead atoms. The van der Waals surface area contributed by atoms with Crippen molar-refractivity contribution < 1.29 is 32.6 Å². The number of Topliss-reactive ketones (excluding diaryl/α,β-unsaturated/α-hetero) is 1. The molecule has 6 nitrogen and oxygen atoms in total. The molecule has 0 saturated heterocycles. The number of aromatic hydroxyl groups is 1. The quantitative estimate of drug-likeness (QED) is 0.441. The average molecular weight is 360 g/mol. The molecule has 2 rings (SSSR count). The number of esters is 1. The first-order valence-corrected chi connectivity index (χ1v) is 7.97. The van der Waals surface area contributed by atoms with E-state index in [0.29, 0.717) is 12.5 Å². The number of rotatable bonds is 7. The number of pyridine rings is 1. The average Bonchev–Trinajstić information content (AvgIpc) is 2.50. The van der Waals surface area contributed by atoms with Gasteiger partial charge in [0.1, 0.15) is 5.56 Å². The predicted molar refractivity (Wildman–Crippen MR) is 81.0 cm³/mol. The number of halogens is 3. The van der Waals surface area contributed by atoms with E-state index >= 15 is 0 Å². The van der Waals surface area contributed by atoms with Crippen LogP contribution in [-0.4, -0.2) is 40.5 Å². The second-order valence-electron chi connectivity index (χ2n) is 5.85. The second kappa shape index (κ2) is 7.81. The molecule has 1 aliphatic carbocycles. The standard InChI is InChI=1S/C16H19F3N2O4/c1-2-6-25-15(24)12(21-10-4-3-5-10)13(22)9-7-11(16(17,18)19)14(23)20-8-9/h7-8,10,12,21H,2-6H2,1H3,(H,20,23). The third-order valence-corrected chi connectivity index (χ3v) is 3.91. The minimum absolute atomic E-state index is 0.0599. The summed E-state index contributed by atoms with van der Waals surface area (Å²) in [6.45, 7) is 1.89. The number of carbonyl (C=O) groups is 2. The van der Waals surface area contributed by atoms with Crippen LogP contribution in [0, 0.1) is 0 Å². The molecule has 0 spiro atoms. The van der Waals surface area contributed by atoms with Crippen LogP contribution in [0.25, 0.3) is 0 Å². The summed E-state index contributed by atoms with van der Waals surface area (Å²) in [5.41, 5.74) is -1.85. The molecule has 1 aromatic rings. The maximum atomic E-state index is 12.9. The highest BCUT2D eigenvalue weighted by Crippen LogP contribution is 2.35. The van der Waals surface area contributed by atoms with Crippen molar-refractivity contribution in [2.45, 2.75) is 50.9 Å². The van der Waals surface area contributed by atoms with E-state index in [4.69, 9.17) is 4.74 Å². The fraction of sp³-hybridized carbons (Fsp3) is 0.562. The highest BCUT2D eigenvalue weighted by Gasteiger charge is 2.38.